The first kappa shape index (κ1) is 9.84. The van der Waals surface area contributed by atoms with E-state index in [1.54, 1.807) is 0 Å². The number of rotatable bonds is 2. The molecule has 0 amide bonds. The number of ether oxygens (including phenoxy) is 1. The summed E-state index contributed by atoms with van der Waals surface area (Å²) in [5.74, 6) is 2.49. The zero-order valence-corrected chi connectivity index (χ0v) is 9.65. The van der Waals surface area contributed by atoms with Crippen LogP contribution in [0.5, 0.6) is 5.88 Å². The third-order valence-electron chi connectivity index (χ3n) is 2.40. The van der Waals surface area contributed by atoms with Crippen LogP contribution in [0.25, 0.3) is 0 Å². The second-order valence-electron chi connectivity index (χ2n) is 3.64. The van der Waals surface area contributed by atoms with Crippen molar-refractivity contribution in [3.63, 3.8) is 0 Å². The van der Waals surface area contributed by atoms with Crippen molar-refractivity contribution in [1.29, 1.82) is 0 Å². The second-order valence-corrected chi connectivity index (χ2v) is 4.67. The third-order valence-corrected chi connectivity index (χ3v) is 3.88. The van der Waals surface area contributed by atoms with Gasteiger partial charge in [0.1, 0.15) is 0 Å². The molecule has 0 radical (unpaired) electrons. The Hall–Kier alpha value is -0.700. The van der Waals surface area contributed by atoms with E-state index in [0.717, 1.165) is 11.6 Å². The first-order chi connectivity index (χ1) is 6.72. The summed E-state index contributed by atoms with van der Waals surface area (Å²) in [4.78, 5) is 5.90. The number of pyridine rings is 1. The number of aryl methyl sites for hydroxylation is 1. The van der Waals surface area contributed by atoms with Crippen LogP contribution in [-0.4, -0.2) is 17.3 Å². The van der Waals surface area contributed by atoms with E-state index in [1.807, 2.05) is 24.8 Å². The summed E-state index contributed by atoms with van der Waals surface area (Å²) in [5, 5.41) is 0. The van der Waals surface area contributed by atoms with E-state index in [-0.39, 0.29) is 0 Å². The number of thioether (sulfide) groups is 1. The fourth-order valence-electron chi connectivity index (χ4n) is 1.69. The van der Waals surface area contributed by atoms with Gasteiger partial charge in [-0.15, -0.1) is 11.8 Å². The van der Waals surface area contributed by atoms with Gasteiger partial charge in [0.2, 0.25) is 5.88 Å². The van der Waals surface area contributed by atoms with E-state index in [9.17, 15) is 0 Å². The number of hydrogen-bond donors (Lipinski definition) is 0. The quantitative estimate of drug-likeness (QED) is 0.747. The smallest absolute Gasteiger partial charge is 0.213 e. The molecule has 0 aromatic carbocycles. The Kier molecular flexibility index (Phi) is 2.68. The van der Waals surface area contributed by atoms with Crippen molar-refractivity contribution in [3.05, 3.63) is 17.3 Å². The maximum absolute atomic E-state index is 5.44. The average molecular weight is 209 g/mol. The Labute approximate surface area is 89.1 Å². The van der Waals surface area contributed by atoms with Crippen LogP contribution in [0.15, 0.2) is 11.0 Å². The minimum absolute atomic E-state index is 0.564. The highest BCUT2D eigenvalue weighted by molar-refractivity contribution is 7.99. The Morgan fingerprint density at radius 2 is 2.43 bits per heavy atom. The van der Waals surface area contributed by atoms with E-state index >= 15 is 0 Å². The lowest BCUT2D eigenvalue weighted by Crippen LogP contribution is -2.00. The van der Waals surface area contributed by atoms with Crippen LogP contribution in [0.4, 0.5) is 0 Å². The standard InChI is InChI=1S/C11H15NOS/c1-4-13-9-5-7(2)11-10(12-9)8(3)6-14-11/h5,8H,4,6H2,1-3H3. The molecule has 1 aliphatic rings. The summed E-state index contributed by atoms with van der Waals surface area (Å²) in [6.07, 6.45) is 0. The van der Waals surface area contributed by atoms with Gasteiger partial charge >= 0.3 is 0 Å². The normalized spacial score (nSPS) is 19.5. The Bertz CT molecular complexity index is 351. The number of hydrogen-bond acceptors (Lipinski definition) is 3. The summed E-state index contributed by atoms with van der Waals surface area (Å²) in [6.45, 7) is 7.03. The molecule has 1 aliphatic heterocycles. The molecule has 3 heteroatoms. The van der Waals surface area contributed by atoms with Crippen molar-refractivity contribution in [2.75, 3.05) is 12.4 Å². The molecule has 76 valence electrons. The van der Waals surface area contributed by atoms with Gasteiger partial charge in [-0.3, -0.25) is 0 Å². The van der Waals surface area contributed by atoms with Crippen LogP contribution in [0.3, 0.4) is 0 Å². The van der Waals surface area contributed by atoms with Crippen molar-refractivity contribution in [1.82, 2.24) is 4.98 Å². The predicted octanol–water partition coefficient (Wildman–Crippen LogP) is 3.00. The Morgan fingerprint density at radius 3 is 3.14 bits per heavy atom. The molecule has 1 aromatic heterocycles. The maximum atomic E-state index is 5.44. The van der Waals surface area contributed by atoms with E-state index < -0.39 is 0 Å². The summed E-state index contributed by atoms with van der Waals surface area (Å²) in [5.41, 5.74) is 2.52. The summed E-state index contributed by atoms with van der Waals surface area (Å²) < 4.78 is 5.44. The van der Waals surface area contributed by atoms with Crippen LogP contribution in [0.2, 0.25) is 0 Å². The third kappa shape index (κ3) is 1.61. The van der Waals surface area contributed by atoms with Gasteiger partial charge in [0.15, 0.2) is 0 Å². The van der Waals surface area contributed by atoms with Gasteiger partial charge < -0.3 is 4.74 Å². The lowest BCUT2D eigenvalue weighted by molar-refractivity contribution is 0.324. The highest BCUT2D eigenvalue weighted by Crippen LogP contribution is 2.41. The molecule has 0 saturated carbocycles. The molecule has 0 saturated heterocycles. The van der Waals surface area contributed by atoms with Crippen LogP contribution in [-0.2, 0) is 0 Å². The molecular formula is C11H15NOS. The minimum atomic E-state index is 0.564. The van der Waals surface area contributed by atoms with Gasteiger partial charge in [0.25, 0.3) is 0 Å². The molecule has 0 N–H and O–H groups in total. The van der Waals surface area contributed by atoms with Gasteiger partial charge in [0.05, 0.1) is 12.3 Å². The molecule has 2 rings (SSSR count). The van der Waals surface area contributed by atoms with Crippen molar-refractivity contribution in [2.45, 2.75) is 31.6 Å². The molecule has 1 atom stereocenters. The summed E-state index contributed by atoms with van der Waals surface area (Å²) in [7, 11) is 0. The van der Waals surface area contributed by atoms with Crippen molar-refractivity contribution < 1.29 is 4.74 Å². The SMILES string of the molecule is CCOc1cc(C)c2c(n1)C(C)CS2. The molecule has 0 spiro atoms. The number of nitrogens with zero attached hydrogens (tertiary/aromatic N) is 1. The van der Waals surface area contributed by atoms with E-state index in [1.165, 1.54) is 16.2 Å². The van der Waals surface area contributed by atoms with Crippen LogP contribution < -0.4 is 4.74 Å². The highest BCUT2D eigenvalue weighted by atomic mass is 32.2. The van der Waals surface area contributed by atoms with Gasteiger partial charge in [-0.1, -0.05) is 6.92 Å². The van der Waals surface area contributed by atoms with Gasteiger partial charge in [-0.2, -0.15) is 0 Å². The van der Waals surface area contributed by atoms with Gasteiger partial charge in [-0.05, 0) is 19.4 Å². The molecule has 0 fully saturated rings. The van der Waals surface area contributed by atoms with Gasteiger partial charge in [0, 0.05) is 22.6 Å². The maximum Gasteiger partial charge on any atom is 0.213 e. The van der Waals surface area contributed by atoms with E-state index in [0.29, 0.717) is 12.5 Å². The van der Waals surface area contributed by atoms with Gasteiger partial charge in [-0.25, -0.2) is 4.98 Å². The molecule has 1 aromatic rings. The van der Waals surface area contributed by atoms with E-state index in [2.05, 4.69) is 18.8 Å². The molecule has 14 heavy (non-hydrogen) atoms. The number of fused-ring (bicyclic) bond motifs is 1. The summed E-state index contributed by atoms with van der Waals surface area (Å²) in [6, 6.07) is 2.04. The second kappa shape index (κ2) is 3.81. The van der Waals surface area contributed by atoms with Crippen LogP contribution in [0.1, 0.15) is 31.0 Å². The molecule has 1 unspecified atom stereocenters. The zero-order valence-electron chi connectivity index (χ0n) is 8.83. The Morgan fingerprint density at radius 1 is 1.64 bits per heavy atom. The molecule has 2 nitrogen and oxygen atoms in total. The van der Waals surface area contributed by atoms with Crippen molar-refractivity contribution in [3.8, 4) is 5.88 Å². The lowest BCUT2D eigenvalue weighted by atomic mass is 10.1. The highest BCUT2D eigenvalue weighted by Gasteiger charge is 2.23. The monoisotopic (exact) mass is 209 g/mol. The van der Waals surface area contributed by atoms with Crippen molar-refractivity contribution in [2.24, 2.45) is 0 Å². The lowest BCUT2D eigenvalue weighted by Gasteiger charge is -2.08. The Balaban J connectivity index is 2.42. The molecule has 2 heterocycles. The van der Waals surface area contributed by atoms with Crippen LogP contribution in [0, 0.1) is 6.92 Å². The topological polar surface area (TPSA) is 22.1 Å². The largest absolute Gasteiger partial charge is 0.478 e. The predicted molar refractivity (Wildman–Crippen MR) is 59.3 cm³/mol. The molecular weight excluding hydrogens is 194 g/mol. The van der Waals surface area contributed by atoms with Crippen LogP contribution >= 0.6 is 11.8 Å². The fraction of sp³-hybridized carbons (Fsp3) is 0.545. The average Bonchev–Trinajstić information content (AvgIpc) is 2.49. The summed E-state index contributed by atoms with van der Waals surface area (Å²) >= 11 is 1.91. The minimum Gasteiger partial charge on any atom is -0.478 e. The first-order valence-corrected chi connectivity index (χ1v) is 5.98. The molecule has 0 aliphatic carbocycles. The van der Waals surface area contributed by atoms with Crippen molar-refractivity contribution >= 4 is 11.8 Å². The van der Waals surface area contributed by atoms with E-state index in [4.69, 9.17) is 4.74 Å². The first-order valence-electron chi connectivity index (χ1n) is 4.99. The molecule has 0 bridgehead atoms. The zero-order chi connectivity index (χ0) is 10.1. The fourth-order valence-corrected chi connectivity index (χ4v) is 2.94. The number of aromatic nitrogens is 1.